The van der Waals surface area contributed by atoms with Crippen LogP contribution < -0.4 is 5.43 Å². The van der Waals surface area contributed by atoms with Gasteiger partial charge in [0.2, 0.25) is 5.91 Å². The van der Waals surface area contributed by atoms with Crippen LogP contribution in [-0.2, 0) is 14.4 Å². The van der Waals surface area contributed by atoms with E-state index in [9.17, 15) is 14.4 Å². The molecule has 114 valence electrons. The lowest BCUT2D eigenvalue weighted by atomic mass is 10.0. The van der Waals surface area contributed by atoms with Gasteiger partial charge in [0.1, 0.15) is 17.5 Å². The first-order valence-corrected chi connectivity index (χ1v) is 6.98. The lowest BCUT2D eigenvalue weighted by Gasteiger charge is -2.12. The summed E-state index contributed by atoms with van der Waals surface area (Å²) in [4.78, 5) is 37.9. The van der Waals surface area contributed by atoms with E-state index in [0.717, 1.165) is 11.3 Å². The first kappa shape index (κ1) is 15.8. The average molecular weight is 299 g/mol. The molecule has 1 amide bonds. The number of ketones is 2. The fourth-order valence-electron chi connectivity index (χ4n) is 2.08. The number of aliphatic imine (C=N–C) groups is 1. The molecule has 0 aromatic heterocycles. The molecule has 0 spiro atoms. The molecule has 0 radical (unpaired) electrons. The normalized spacial score (nSPS) is 14.9. The van der Waals surface area contributed by atoms with Gasteiger partial charge in [-0.1, -0.05) is 12.1 Å². The molecule has 1 aliphatic heterocycles. The van der Waals surface area contributed by atoms with Crippen LogP contribution in [0, 0.1) is 5.92 Å². The minimum atomic E-state index is -0.794. The number of rotatable bonds is 5. The van der Waals surface area contributed by atoms with Crippen molar-refractivity contribution in [1.82, 2.24) is 5.43 Å². The third-order valence-electron chi connectivity index (χ3n) is 3.35. The van der Waals surface area contributed by atoms with E-state index in [2.05, 4.69) is 15.5 Å². The smallest absolute Gasteiger partial charge is 0.240 e. The largest absolute Gasteiger partial charge is 0.299 e. The Bertz CT molecular complexity index is 646. The van der Waals surface area contributed by atoms with Crippen molar-refractivity contribution < 1.29 is 14.4 Å². The number of amides is 1. The Balaban J connectivity index is 2.10. The summed E-state index contributed by atoms with van der Waals surface area (Å²) >= 11 is 0. The molecular formula is C16H17N3O3. The zero-order valence-electron chi connectivity index (χ0n) is 12.5. The standard InChI is InChI=1S/C16H17N3O3/c1-10(20)14(11(2)21)9-17-13-5-3-12(4-6-13)15-7-8-16(22)19-18-15/h3-6,9,14H,7-8H2,1-2H3,(H,19,22). The third kappa shape index (κ3) is 3.94. The molecule has 6 nitrogen and oxygen atoms in total. The van der Waals surface area contributed by atoms with Gasteiger partial charge in [0.25, 0.3) is 0 Å². The van der Waals surface area contributed by atoms with E-state index >= 15 is 0 Å². The number of hydrazone groups is 1. The molecule has 1 aromatic rings. The average Bonchev–Trinajstić information content (AvgIpc) is 2.48. The topological polar surface area (TPSA) is 88.0 Å². The van der Waals surface area contributed by atoms with E-state index < -0.39 is 5.92 Å². The van der Waals surface area contributed by atoms with Crippen molar-refractivity contribution in [2.45, 2.75) is 26.7 Å². The quantitative estimate of drug-likeness (QED) is 0.664. The van der Waals surface area contributed by atoms with Gasteiger partial charge < -0.3 is 0 Å². The molecule has 0 saturated carbocycles. The molecule has 0 unspecified atom stereocenters. The number of carbonyl (C=O) groups excluding carboxylic acids is 3. The molecule has 1 N–H and O–H groups in total. The number of nitrogens with one attached hydrogen (secondary N) is 1. The van der Waals surface area contributed by atoms with Crippen molar-refractivity contribution in [3.8, 4) is 0 Å². The summed E-state index contributed by atoms with van der Waals surface area (Å²) in [7, 11) is 0. The minimum absolute atomic E-state index is 0.0792. The number of hydrogen-bond donors (Lipinski definition) is 1. The fourth-order valence-corrected chi connectivity index (χ4v) is 2.08. The minimum Gasteiger partial charge on any atom is -0.299 e. The van der Waals surface area contributed by atoms with Gasteiger partial charge in [-0.25, -0.2) is 5.43 Å². The molecular weight excluding hydrogens is 282 g/mol. The van der Waals surface area contributed by atoms with E-state index in [1.807, 2.05) is 12.1 Å². The van der Waals surface area contributed by atoms with Crippen LogP contribution in [0.2, 0.25) is 0 Å². The van der Waals surface area contributed by atoms with Gasteiger partial charge in [0, 0.05) is 19.1 Å². The zero-order valence-corrected chi connectivity index (χ0v) is 12.5. The molecule has 0 bridgehead atoms. The number of Topliss-reactive ketones (excluding diaryl/α,β-unsaturated/α-hetero) is 2. The summed E-state index contributed by atoms with van der Waals surface area (Å²) < 4.78 is 0. The maximum absolute atomic E-state index is 11.3. The molecule has 2 rings (SSSR count). The summed E-state index contributed by atoms with van der Waals surface area (Å²) in [6.45, 7) is 2.74. The van der Waals surface area contributed by atoms with Crippen molar-refractivity contribution in [3.05, 3.63) is 29.8 Å². The lowest BCUT2D eigenvalue weighted by molar-refractivity contribution is -0.127. The molecule has 0 saturated heterocycles. The van der Waals surface area contributed by atoms with Crippen LogP contribution in [0.5, 0.6) is 0 Å². The number of carbonyl (C=O) groups is 3. The van der Waals surface area contributed by atoms with E-state index in [-0.39, 0.29) is 17.5 Å². The van der Waals surface area contributed by atoms with Gasteiger partial charge in [-0.05, 0) is 31.5 Å². The first-order chi connectivity index (χ1) is 10.5. The molecule has 0 atom stereocenters. The summed E-state index contributed by atoms with van der Waals surface area (Å²) in [6, 6.07) is 7.25. The molecule has 6 heteroatoms. The van der Waals surface area contributed by atoms with Gasteiger partial charge in [0.05, 0.1) is 11.4 Å². The maximum Gasteiger partial charge on any atom is 0.240 e. The van der Waals surface area contributed by atoms with Gasteiger partial charge in [-0.3, -0.25) is 19.4 Å². The number of nitrogens with zero attached hydrogens (tertiary/aromatic N) is 2. The SMILES string of the molecule is CC(=O)C(C=Nc1ccc(C2=NNC(=O)CC2)cc1)C(C)=O. The Morgan fingerprint density at radius 2 is 1.82 bits per heavy atom. The van der Waals surface area contributed by atoms with E-state index in [1.54, 1.807) is 12.1 Å². The predicted molar refractivity (Wildman–Crippen MR) is 83.4 cm³/mol. The van der Waals surface area contributed by atoms with Gasteiger partial charge in [-0.15, -0.1) is 0 Å². The Morgan fingerprint density at radius 3 is 2.32 bits per heavy atom. The monoisotopic (exact) mass is 299 g/mol. The maximum atomic E-state index is 11.3. The van der Waals surface area contributed by atoms with Gasteiger partial charge >= 0.3 is 0 Å². The van der Waals surface area contributed by atoms with E-state index in [1.165, 1.54) is 20.1 Å². The highest BCUT2D eigenvalue weighted by molar-refractivity contribution is 6.13. The van der Waals surface area contributed by atoms with Crippen molar-refractivity contribution in [2.75, 3.05) is 0 Å². The summed E-state index contributed by atoms with van der Waals surface area (Å²) in [5, 5.41) is 4.02. The molecule has 1 aromatic carbocycles. The van der Waals surface area contributed by atoms with Gasteiger partial charge in [-0.2, -0.15) is 5.10 Å². The second-order valence-electron chi connectivity index (χ2n) is 5.12. The first-order valence-electron chi connectivity index (χ1n) is 6.98. The zero-order chi connectivity index (χ0) is 16.1. The van der Waals surface area contributed by atoms with Crippen molar-refractivity contribution in [2.24, 2.45) is 16.0 Å². The van der Waals surface area contributed by atoms with Crippen LogP contribution in [0.15, 0.2) is 34.4 Å². The van der Waals surface area contributed by atoms with Crippen molar-refractivity contribution in [3.63, 3.8) is 0 Å². The van der Waals surface area contributed by atoms with Crippen LogP contribution in [0.1, 0.15) is 32.3 Å². The highest BCUT2D eigenvalue weighted by Gasteiger charge is 2.16. The summed E-state index contributed by atoms with van der Waals surface area (Å²) in [6.07, 6.45) is 2.40. The van der Waals surface area contributed by atoms with Crippen LogP contribution in [0.4, 0.5) is 5.69 Å². The fraction of sp³-hybridized carbons (Fsp3) is 0.312. The number of hydrogen-bond acceptors (Lipinski definition) is 5. The molecule has 0 fully saturated rings. The van der Waals surface area contributed by atoms with Crippen LogP contribution in [-0.4, -0.2) is 29.4 Å². The summed E-state index contributed by atoms with van der Waals surface area (Å²) in [5.41, 5.74) is 4.84. The van der Waals surface area contributed by atoms with Crippen LogP contribution >= 0.6 is 0 Å². The molecule has 0 aliphatic carbocycles. The van der Waals surface area contributed by atoms with Crippen LogP contribution in [0.25, 0.3) is 0 Å². The highest BCUT2D eigenvalue weighted by Crippen LogP contribution is 2.16. The Hall–Kier alpha value is -2.63. The number of benzene rings is 1. The highest BCUT2D eigenvalue weighted by atomic mass is 16.2. The predicted octanol–water partition coefficient (Wildman–Crippen LogP) is 1.80. The Morgan fingerprint density at radius 1 is 1.18 bits per heavy atom. The molecule has 1 aliphatic rings. The van der Waals surface area contributed by atoms with Crippen molar-refractivity contribution in [1.29, 1.82) is 0 Å². The second-order valence-corrected chi connectivity index (χ2v) is 5.12. The summed E-state index contributed by atoms with van der Waals surface area (Å²) in [5.74, 6) is -1.32. The van der Waals surface area contributed by atoms with E-state index in [0.29, 0.717) is 18.5 Å². The lowest BCUT2D eigenvalue weighted by Crippen LogP contribution is -2.25. The van der Waals surface area contributed by atoms with Gasteiger partial charge in [0.15, 0.2) is 0 Å². The Labute approximate surface area is 128 Å². The third-order valence-corrected chi connectivity index (χ3v) is 3.35. The molecule has 1 heterocycles. The second kappa shape index (κ2) is 6.89. The molecule has 22 heavy (non-hydrogen) atoms. The van der Waals surface area contributed by atoms with Crippen molar-refractivity contribution >= 4 is 35.1 Å². The van der Waals surface area contributed by atoms with E-state index in [4.69, 9.17) is 0 Å². The van der Waals surface area contributed by atoms with Crippen LogP contribution in [0.3, 0.4) is 0 Å². The Kier molecular flexibility index (Phi) is 4.93.